The minimum atomic E-state index is -1.12. The lowest BCUT2D eigenvalue weighted by Gasteiger charge is -2.27. The lowest BCUT2D eigenvalue weighted by molar-refractivity contribution is -0.154. The molecule has 0 saturated carbocycles. The molecule has 7 aromatic carbocycles. The van der Waals surface area contributed by atoms with Crippen molar-refractivity contribution in [2.24, 2.45) is 28.6 Å². The van der Waals surface area contributed by atoms with Gasteiger partial charge in [-0.05, 0) is 159 Å². The van der Waals surface area contributed by atoms with Gasteiger partial charge in [0.2, 0.25) is 29.5 Å². The summed E-state index contributed by atoms with van der Waals surface area (Å²) in [6.07, 6.45) is 1.77. The molecule has 7 N–H and O–H groups in total. The van der Waals surface area contributed by atoms with E-state index in [2.05, 4.69) is 123 Å². The highest BCUT2D eigenvalue weighted by molar-refractivity contribution is 6.33. The number of anilines is 7. The lowest BCUT2D eigenvalue weighted by atomic mass is 9.82. The molecule has 7 aromatic rings. The third-order valence-electron chi connectivity index (χ3n) is 18.9. The molecule has 5 aliphatic rings. The smallest absolute Gasteiger partial charge is 0.302 e. The fourth-order valence-corrected chi connectivity index (χ4v) is 12.7. The van der Waals surface area contributed by atoms with Crippen molar-refractivity contribution in [2.75, 3.05) is 75.1 Å². The van der Waals surface area contributed by atoms with Crippen molar-refractivity contribution in [3.05, 3.63) is 208 Å². The van der Waals surface area contributed by atoms with E-state index in [9.17, 15) is 43.2 Å². The molecular formula is C81H99ClN12O11. The van der Waals surface area contributed by atoms with Gasteiger partial charge in [0.15, 0.2) is 0 Å². The van der Waals surface area contributed by atoms with Crippen molar-refractivity contribution in [1.29, 1.82) is 0 Å². The van der Waals surface area contributed by atoms with Gasteiger partial charge in [0.25, 0.3) is 11.8 Å². The largest absolute Gasteiger partial charge is 0.465 e. The summed E-state index contributed by atoms with van der Waals surface area (Å²) in [6, 6.07) is 52.7. The molecule has 4 unspecified atom stereocenters. The van der Waals surface area contributed by atoms with Gasteiger partial charge in [-0.25, -0.2) is 0 Å². The van der Waals surface area contributed by atoms with E-state index in [1.54, 1.807) is 28.2 Å². The molecule has 105 heavy (non-hydrogen) atoms. The first-order valence-corrected chi connectivity index (χ1v) is 35.6. The van der Waals surface area contributed by atoms with Crippen LogP contribution in [0.5, 0.6) is 0 Å². The molecule has 556 valence electrons. The van der Waals surface area contributed by atoms with E-state index in [4.69, 9.17) is 21.1 Å². The standard InChI is InChI=1S/C21H24ClN3O2.C17H18N2O.C16H20N2O5.C14H20N2O.C13H17N3O2/c1-13-12-25(24-19(13)26)18-10-9-16(11-17(18)22)23-20(27)14-5-7-15(8-6-14)21(2,3)4;1-12-8-10-15(11-9-12)19-16(13(2)17(20)18-19)14-6-4-3-5-7-14;1-11-5-4-6-14(7-11)18-8-16(15(21)17-18,9-22-12(2)19)10-23-13(3)20;1-4-14(5-2)10-16(15-13(14)17)12-8-6-7-11(3)9-12;1-8-6-11(14-10(3)17)4-5-12(8)16-7-9(2)13(18)15-16/h5-11,13H,12H2,1-4H3,(H,23,27)(H,24,26);3-11,13,16H,1-2H3,(H,18,20);4-7H,8-10H2,1-3H3,(H,17,21);6-9H,4-5,10H2,1-3H3,(H,15,17);4-6,9H,7H2,1-3H3,(H,14,17)(H,15,18). The van der Waals surface area contributed by atoms with Crippen LogP contribution in [0.1, 0.15) is 139 Å². The Kier molecular flexibility index (Phi) is 26.6. The predicted molar refractivity (Wildman–Crippen MR) is 412 cm³/mol. The fourth-order valence-electron chi connectivity index (χ4n) is 12.4. The Morgan fingerprint density at radius 1 is 0.514 bits per heavy atom. The number of rotatable bonds is 15. The Morgan fingerprint density at radius 2 is 1.01 bits per heavy atom. The van der Waals surface area contributed by atoms with Gasteiger partial charge in [-0.15, -0.1) is 0 Å². The molecule has 5 saturated heterocycles. The summed E-state index contributed by atoms with van der Waals surface area (Å²) >= 11 is 6.36. The minimum absolute atomic E-state index is 0.000536. The van der Waals surface area contributed by atoms with Gasteiger partial charge in [0, 0.05) is 37.7 Å². The topological polar surface area (TPSA) is 272 Å². The molecule has 5 aliphatic heterocycles. The van der Waals surface area contributed by atoms with E-state index in [1.165, 1.54) is 37.5 Å². The number of carbonyl (C=O) groups excluding carboxylic acids is 9. The molecule has 5 heterocycles. The summed E-state index contributed by atoms with van der Waals surface area (Å²) in [5.41, 5.74) is 26.4. The molecule has 0 spiro atoms. The number of nitrogens with zero attached hydrogens (tertiary/aromatic N) is 5. The number of hydrogen-bond donors (Lipinski definition) is 7. The molecule has 23 nitrogen and oxygen atoms in total. The van der Waals surface area contributed by atoms with Gasteiger partial charge in [-0.3, -0.25) is 95.3 Å². The van der Waals surface area contributed by atoms with E-state index in [0.29, 0.717) is 35.1 Å². The van der Waals surface area contributed by atoms with Gasteiger partial charge in [-0.2, -0.15) is 0 Å². The van der Waals surface area contributed by atoms with Crippen LogP contribution in [0.2, 0.25) is 5.02 Å². The van der Waals surface area contributed by atoms with Crippen LogP contribution in [0.25, 0.3) is 0 Å². The molecule has 7 amide bonds. The SMILES string of the molecule is CC(=O)Nc1ccc(N2CC(C)C(=O)N2)c(C)c1.CC(=O)OCC1(COC(C)=O)CN(c2cccc(C)c2)NC1=O.CC1CN(c2ccc(NC(=O)c3ccc(C(C)(C)C)cc3)cc2Cl)NC1=O.CCC1(CC)CN(c2cccc(C)c2)NC1=O.Cc1ccc(N2NC(=O)C(C)C2c2ccccc2)cc1. The number of halogens is 1. The second kappa shape index (κ2) is 35.0. The zero-order chi connectivity index (χ0) is 76.7. The van der Waals surface area contributed by atoms with Crippen molar-refractivity contribution < 1.29 is 52.6 Å². The number of carbonyl (C=O) groups is 9. The molecule has 4 atom stereocenters. The summed E-state index contributed by atoms with van der Waals surface area (Å²) in [4.78, 5) is 105. The van der Waals surface area contributed by atoms with Gasteiger partial charge in [0.05, 0.1) is 88.8 Å². The number of amides is 7. The summed E-state index contributed by atoms with van der Waals surface area (Å²) in [5, 5.41) is 15.3. The average Bonchev–Trinajstić information content (AvgIpc) is 1.64. The first kappa shape index (κ1) is 79.8. The minimum Gasteiger partial charge on any atom is -0.465 e. The molecule has 0 bridgehead atoms. The Labute approximate surface area is 620 Å². The first-order valence-electron chi connectivity index (χ1n) is 35.3. The number of esters is 2. The summed E-state index contributed by atoms with van der Waals surface area (Å²) < 4.78 is 10.0. The highest BCUT2D eigenvalue weighted by Gasteiger charge is 2.49. The fraction of sp³-hybridized carbons (Fsp3) is 0.370. The second-order valence-corrected chi connectivity index (χ2v) is 28.9. The third-order valence-corrected chi connectivity index (χ3v) is 19.2. The van der Waals surface area contributed by atoms with E-state index in [0.717, 1.165) is 64.5 Å². The Bertz CT molecular complexity index is 4260. The average molecular weight is 1450 g/mol. The van der Waals surface area contributed by atoms with Crippen molar-refractivity contribution in [3.8, 4) is 0 Å². The molecule has 0 aliphatic carbocycles. The van der Waals surface area contributed by atoms with E-state index < -0.39 is 17.4 Å². The summed E-state index contributed by atoms with van der Waals surface area (Å²) in [7, 11) is 0. The van der Waals surface area contributed by atoms with Crippen LogP contribution < -0.4 is 62.8 Å². The number of hydrogen-bond acceptors (Lipinski definition) is 16. The number of nitrogens with one attached hydrogen (secondary N) is 7. The third kappa shape index (κ3) is 20.7. The van der Waals surface area contributed by atoms with Crippen molar-refractivity contribution in [1.82, 2.24) is 27.1 Å². The number of benzene rings is 7. The molecule has 0 aromatic heterocycles. The number of aryl methyl sites for hydroxylation is 4. The van der Waals surface area contributed by atoms with Crippen LogP contribution in [0.15, 0.2) is 164 Å². The summed E-state index contributed by atoms with van der Waals surface area (Å²) in [5.74, 6) is -1.53. The van der Waals surface area contributed by atoms with Crippen LogP contribution in [0.3, 0.4) is 0 Å². The molecular weight excluding hydrogens is 1350 g/mol. The molecule has 24 heteroatoms. The van der Waals surface area contributed by atoms with E-state index in [-0.39, 0.29) is 95.7 Å². The zero-order valence-electron chi connectivity index (χ0n) is 62.7. The Morgan fingerprint density at radius 3 is 1.46 bits per heavy atom. The highest BCUT2D eigenvalue weighted by atomic mass is 35.5. The van der Waals surface area contributed by atoms with Crippen molar-refractivity contribution in [3.63, 3.8) is 0 Å². The maximum atomic E-state index is 12.5. The van der Waals surface area contributed by atoms with E-state index in [1.807, 2.05) is 159 Å². The zero-order valence-corrected chi connectivity index (χ0v) is 63.4. The second-order valence-electron chi connectivity index (χ2n) is 28.5. The number of ether oxygens (including phenoxy) is 2. The van der Waals surface area contributed by atoms with Crippen LogP contribution in [-0.4, -0.2) is 92.7 Å². The maximum absolute atomic E-state index is 12.5. The van der Waals surface area contributed by atoms with Gasteiger partial charge >= 0.3 is 11.9 Å². The number of hydrazine groups is 5. The monoisotopic (exact) mass is 1450 g/mol. The van der Waals surface area contributed by atoms with Crippen LogP contribution >= 0.6 is 11.6 Å². The molecule has 12 rings (SSSR count). The van der Waals surface area contributed by atoms with Crippen LogP contribution in [-0.2, 0) is 53.2 Å². The molecule has 0 radical (unpaired) electrons. The van der Waals surface area contributed by atoms with Crippen LogP contribution in [0.4, 0.5) is 39.8 Å². The quantitative estimate of drug-likeness (QED) is 0.0470. The molecule has 5 fully saturated rings. The lowest BCUT2D eigenvalue weighted by Crippen LogP contribution is -2.42. The Hall–Kier alpha value is -10.9. The van der Waals surface area contributed by atoms with Gasteiger partial charge < -0.3 is 20.1 Å². The first-order chi connectivity index (χ1) is 49.7. The maximum Gasteiger partial charge on any atom is 0.302 e. The van der Waals surface area contributed by atoms with Crippen molar-refractivity contribution >= 4 is 105 Å². The normalized spacial score (nSPS) is 18.2. The highest BCUT2D eigenvalue weighted by Crippen LogP contribution is 2.38. The summed E-state index contributed by atoms with van der Waals surface area (Å²) in [6.45, 7) is 30.3. The van der Waals surface area contributed by atoms with Gasteiger partial charge in [-0.1, -0.05) is 151 Å². The van der Waals surface area contributed by atoms with E-state index >= 15 is 0 Å². The van der Waals surface area contributed by atoms with Crippen LogP contribution in [0, 0.1) is 56.3 Å². The predicted octanol–water partition coefficient (Wildman–Crippen LogP) is 12.7. The van der Waals surface area contributed by atoms with Crippen molar-refractivity contribution in [2.45, 2.75) is 128 Å². The Balaban J connectivity index is 0.000000168. The van der Waals surface area contributed by atoms with Gasteiger partial charge in [0.1, 0.15) is 18.6 Å².